The van der Waals surface area contributed by atoms with Crippen molar-refractivity contribution < 1.29 is 30.0 Å². The van der Waals surface area contributed by atoms with Gasteiger partial charge in [0.15, 0.2) is 5.78 Å². The number of carbonyl (C=O) groups excluding carboxylic acids is 1. The third-order valence-electron chi connectivity index (χ3n) is 4.27. The smallest absolute Gasteiger partial charge is 0.155 e. The Kier molecular flexibility index (Phi) is 12.4. The maximum Gasteiger partial charge on any atom is 0.155 e. The van der Waals surface area contributed by atoms with Crippen molar-refractivity contribution in [3.05, 3.63) is 52.7 Å². The fourth-order valence-corrected chi connectivity index (χ4v) is 3.35. The third kappa shape index (κ3) is 8.96. The number of nitrogens with zero attached hydrogens (tertiary/aromatic N) is 1. The van der Waals surface area contributed by atoms with Crippen LogP contribution in [0.4, 0.5) is 0 Å². The molecule has 0 aromatic carbocycles. The molecule has 3 nitrogen and oxygen atoms in total. The standard InChI is InChI=1S/C17H22NS.C5H8O2.Ir/c1-5-12(3)14-9-10-18-15(11-14)17-8-7-16(19-17)13(4)6-2;1-4(6)3-5(2)7;/h7,9-13H,5-6H2,1-4H3;3,6H,1-2H3;/q-1;;/b;4-3-;. The molecule has 0 aliphatic carbocycles. The maximum absolute atomic E-state index is 10.0. The first-order valence-electron chi connectivity index (χ1n) is 9.13. The normalized spacial score (nSPS) is 13.0. The van der Waals surface area contributed by atoms with E-state index < -0.39 is 0 Å². The van der Waals surface area contributed by atoms with Crippen LogP contribution in [0.15, 0.2) is 36.2 Å². The minimum absolute atomic E-state index is 0. The Labute approximate surface area is 181 Å². The van der Waals surface area contributed by atoms with Crippen molar-refractivity contribution in [2.45, 2.75) is 66.2 Å². The van der Waals surface area contributed by atoms with Crippen LogP contribution < -0.4 is 0 Å². The zero-order chi connectivity index (χ0) is 19.7. The van der Waals surface area contributed by atoms with Crippen LogP contribution in [0.25, 0.3) is 10.6 Å². The summed E-state index contributed by atoms with van der Waals surface area (Å²) in [7, 11) is 0. The molecule has 1 radical (unpaired) electrons. The summed E-state index contributed by atoms with van der Waals surface area (Å²) in [5.74, 6) is 1.15. The van der Waals surface area contributed by atoms with Gasteiger partial charge >= 0.3 is 0 Å². The number of aliphatic hydroxyl groups excluding tert-OH is 1. The molecule has 0 spiro atoms. The van der Waals surface area contributed by atoms with Crippen molar-refractivity contribution in [2.24, 2.45) is 0 Å². The molecule has 2 atom stereocenters. The van der Waals surface area contributed by atoms with Gasteiger partial charge < -0.3 is 10.1 Å². The molecule has 0 aliphatic rings. The minimum atomic E-state index is -0.125. The Balaban J connectivity index is 0.000000728. The van der Waals surface area contributed by atoms with Crippen molar-refractivity contribution in [3.63, 3.8) is 0 Å². The predicted molar refractivity (Wildman–Crippen MR) is 111 cm³/mol. The van der Waals surface area contributed by atoms with Gasteiger partial charge in [-0.25, -0.2) is 11.3 Å². The number of rotatable bonds is 6. The van der Waals surface area contributed by atoms with Crippen LogP contribution in [0, 0.1) is 6.07 Å². The Morgan fingerprint density at radius 2 is 1.89 bits per heavy atom. The topological polar surface area (TPSA) is 50.2 Å². The van der Waals surface area contributed by atoms with Crippen molar-refractivity contribution in [1.29, 1.82) is 0 Å². The van der Waals surface area contributed by atoms with Gasteiger partial charge in [-0.1, -0.05) is 61.4 Å². The molecule has 1 N–H and O–H groups in total. The average Bonchev–Trinajstić information content (AvgIpc) is 3.10. The summed E-state index contributed by atoms with van der Waals surface area (Å²) in [6.07, 6.45) is 5.43. The fraction of sp³-hybridized carbons (Fsp3) is 0.455. The van der Waals surface area contributed by atoms with E-state index in [1.807, 2.05) is 17.5 Å². The van der Waals surface area contributed by atoms with Crippen molar-refractivity contribution in [1.82, 2.24) is 4.98 Å². The number of carbonyl (C=O) groups is 1. The van der Waals surface area contributed by atoms with Gasteiger partial charge in [0.1, 0.15) is 0 Å². The summed E-state index contributed by atoms with van der Waals surface area (Å²) in [5, 5.41) is 8.36. The van der Waals surface area contributed by atoms with Crippen LogP contribution in [-0.4, -0.2) is 15.9 Å². The number of pyridine rings is 1. The summed E-state index contributed by atoms with van der Waals surface area (Å²) >= 11 is 1.83. The monoisotopic (exact) mass is 565 g/mol. The van der Waals surface area contributed by atoms with Crippen molar-refractivity contribution in [3.8, 4) is 10.6 Å². The maximum atomic E-state index is 10.0. The van der Waals surface area contributed by atoms with Crippen LogP contribution in [0.2, 0.25) is 0 Å². The number of aliphatic hydroxyl groups is 1. The number of thiophene rings is 1. The SMILES string of the molecule is CC(=O)/C=C(/C)O.CCC(C)c1ccnc(-c2[c-]cc(C(C)CC)s2)c1.[Ir]. The first-order valence-corrected chi connectivity index (χ1v) is 9.95. The number of aromatic nitrogens is 1. The largest absolute Gasteiger partial charge is 0.512 e. The van der Waals surface area contributed by atoms with Gasteiger partial charge in [0.2, 0.25) is 0 Å². The molecule has 5 heteroatoms. The van der Waals surface area contributed by atoms with Crippen molar-refractivity contribution >= 4 is 17.1 Å². The average molecular weight is 565 g/mol. The molecule has 0 bridgehead atoms. The molecule has 2 rings (SSSR count). The molecule has 27 heavy (non-hydrogen) atoms. The van der Waals surface area contributed by atoms with E-state index in [9.17, 15) is 4.79 Å². The molecule has 0 saturated carbocycles. The van der Waals surface area contributed by atoms with Crippen LogP contribution in [-0.2, 0) is 24.9 Å². The first kappa shape index (κ1) is 25.7. The molecule has 2 aromatic heterocycles. The summed E-state index contributed by atoms with van der Waals surface area (Å²) in [4.78, 5) is 17.1. The van der Waals surface area contributed by atoms with E-state index in [2.05, 4.69) is 56.9 Å². The van der Waals surface area contributed by atoms with Crippen LogP contribution >= 0.6 is 11.3 Å². The van der Waals surface area contributed by atoms with E-state index >= 15 is 0 Å². The number of allylic oxidation sites excluding steroid dienone is 2. The van der Waals surface area contributed by atoms with Gasteiger partial charge in [-0.3, -0.25) is 4.79 Å². The van der Waals surface area contributed by atoms with Gasteiger partial charge in [-0.15, -0.1) is 0 Å². The van der Waals surface area contributed by atoms with E-state index in [-0.39, 0.29) is 31.6 Å². The summed E-state index contributed by atoms with van der Waals surface area (Å²) < 4.78 is 0. The first-order chi connectivity index (χ1) is 12.3. The molecular formula is C22H30IrNO2S-. The molecular weight excluding hydrogens is 535 g/mol. The zero-order valence-electron chi connectivity index (χ0n) is 17.0. The molecule has 2 unspecified atom stereocenters. The van der Waals surface area contributed by atoms with Gasteiger partial charge in [-0.2, -0.15) is 12.1 Å². The molecule has 0 fully saturated rings. The second kappa shape index (κ2) is 13.0. The van der Waals surface area contributed by atoms with E-state index in [4.69, 9.17) is 5.11 Å². The Morgan fingerprint density at radius 1 is 1.26 bits per heavy atom. The van der Waals surface area contributed by atoms with Gasteiger partial charge in [0.25, 0.3) is 0 Å². The van der Waals surface area contributed by atoms with E-state index in [1.54, 1.807) is 0 Å². The van der Waals surface area contributed by atoms with Crippen LogP contribution in [0.1, 0.15) is 76.7 Å². The molecule has 2 aromatic rings. The quantitative estimate of drug-likeness (QED) is 0.242. The molecule has 2 heterocycles. The minimum Gasteiger partial charge on any atom is -0.512 e. The second-order valence-corrected chi connectivity index (χ2v) is 7.70. The van der Waals surface area contributed by atoms with Crippen molar-refractivity contribution in [2.75, 3.05) is 0 Å². The third-order valence-corrected chi connectivity index (χ3v) is 5.56. The van der Waals surface area contributed by atoms with E-state index in [0.717, 1.165) is 12.1 Å². The van der Waals surface area contributed by atoms with E-state index in [1.165, 1.54) is 41.7 Å². The van der Waals surface area contributed by atoms with Gasteiger partial charge in [-0.05, 0) is 37.9 Å². The molecule has 0 aliphatic heterocycles. The zero-order valence-corrected chi connectivity index (χ0v) is 20.2. The van der Waals surface area contributed by atoms with Crippen LogP contribution in [0.3, 0.4) is 0 Å². The summed E-state index contributed by atoms with van der Waals surface area (Å²) in [6, 6.07) is 9.85. The molecule has 151 valence electrons. The van der Waals surface area contributed by atoms with Gasteiger partial charge in [0.05, 0.1) is 5.76 Å². The summed E-state index contributed by atoms with van der Waals surface area (Å²) in [6.45, 7) is 11.8. The molecule has 0 amide bonds. The fourth-order valence-electron chi connectivity index (χ4n) is 2.29. The predicted octanol–water partition coefficient (Wildman–Crippen LogP) is 6.67. The number of hydrogen-bond acceptors (Lipinski definition) is 4. The molecule has 0 saturated heterocycles. The Hall–Kier alpha value is -1.29. The van der Waals surface area contributed by atoms with E-state index in [0.29, 0.717) is 11.8 Å². The number of ketones is 1. The summed E-state index contributed by atoms with van der Waals surface area (Å²) in [5.41, 5.74) is 2.44. The van der Waals surface area contributed by atoms with Crippen LogP contribution in [0.5, 0.6) is 0 Å². The van der Waals surface area contributed by atoms with Gasteiger partial charge in [0, 0.05) is 32.4 Å². The Morgan fingerprint density at radius 3 is 2.37 bits per heavy atom. The number of hydrogen-bond donors (Lipinski definition) is 1. The Bertz CT molecular complexity index is 735. The second-order valence-electron chi connectivity index (χ2n) is 6.61.